The van der Waals surface area contributed by atoms with Crippen LogP contribution in [0.25, 0.3) is 0 Å². The molecular weight excluding hydrogens is 351 g/mol. The van der Waals surface area contributed by atoms with Gasteiger partial charge in [0, 0.05) is 0 Å². The first-order valence-corrected chi connectivity index (χ1v) is 8.24. The minimum absolute atomic E-state index is 0.0387. The topological polar surface area (TPSA) is 166 Å². The molecule has 1 fully saturated rings. The highest BCUT2D eigenvalue weighted by atomic mass is 32.1. The molecule has 0 spiro atoms. The van der Waals surface area contributed by atoms with Gasteiger partial charge in [0.2, 0.25) is 0 Å². The summed E-state index contributed by atoms with van der Waals surface area (Å²) in [6, 6.07) is 0. The maximum absolute atomic E-state index is 10.7. The molecule has 0 saturated carbocycles. The van der Waals surface area contributed by atoms with Crippen molar-refractivity contribution >= 4 is 48.8 Å². The van der Waals surface area contributed by atoms with E-state index in [2.05, 4.69) is 24.5 Å². The Labute approximate surface area is 134 Å². The van der Waals surface area contributed by atoms with Gasteiger partial charge in [-0.2, -0.15) is 0 Å². The molecule has 1 saturated heterocycles. The summed E-state index contributed by atoms with van der Waals surface area (Å²) in [7, 11) is -4.72. The highest BCUT2D eigenvalue weighted by molar-refractivity contribution is 7.82. The van der Waals surface area contributed by atoms with Gasteiger partial charge in [-0.1, -0.05) is 12.2 Å². The number of thiocarbonyl (C=S) groups is 1. The summed E-state index contributed by atoms with van der Waals surface area (Å²) in [6.45, 7) is -0.606. The van der Waals surface area contributed by atoms with Gasteiger partial charge in [0.25, 0.3) is 0 Å². The van der Waals surface area contributed by atoms with Crippen molar-refractivity contribution in [1.82, 2.24) is 0 Å². The minimum Gasteiger partial charge on any atom is -0.387 e. The lowest BCUT2D eigenvalue weighted by molar-refractivity contribution is -0.0100. The number of fused-ring (bicyclic) bond motifs is 1. The highest BCUT2D eigenvalue weighted by Gasteiger charge is 2.47. The molecule has 0 aromatic carbocycles. The number of aliphatic hydroxyl groups is 2. The van der Waals surface area contributed by atoms with Crippen molar-refractivity contribution in [2.45, 2.75) is 24.4 Å². The van der Waals surface area contributed by atoms with E-state index in [-0.39, 0.29) is 22.4 Å². The number of aliphatic imine (C=N–C) groups is 4. The third-order valence-corrected chi connectivity index (χ3v) is 4.02. The molecule has 3 aliphatic rings. The van der Waals surface area contributed by atoms with E-state index in [1.165, 1.54) is 6.34 Å². The molecule has 3 rings (SSSR count). The second-order valence-electron chi connectivity index (χ2n) is 4.80. The number of rotatable bonds is 4. The van der Waals surface area contributed by atoms with E-state index < -0.39 is 38.8 Å². The van der Waals surface area contributed by atoms with Crippen LogP contribution in [-0.4, -0.2) is 79.7 Å². The van der Waals surface area contributed by atoms with Crippen LogP contribution in [0.1, 0.15) is 0 Å². The fraction of sp³-hybridized carbons (Fsp3) is 0.500. The summed E-state index contributed by atoms with van der Waals surface area (Å²) in [4.78, 5) is 33.4. The molecule has 0 bridgehead atoms. The van der Waals surface area contributed by atoms with Crippen LogP contribution in [-0.2, 0) is 13.8 Å². The molecule has 124 valence electrons. The monoisotopic (exact) mass is 362 g/mol. The fourth-order valence-electron chi connectivity index (χ4n) is 2.18. The first-order chi connectivity index (χ1) is 10.8. The van der Waals surface area contributed by atoms with Crippen molar-refractivity contribution in [3.63, 3.8) is 0 Å². The number of nitrogens with zero attached hydrogens (tertiary/aromatic N) is 4. The van der Waals surface area contributed by atoms with Crippen LogP contribution in [0, 0.1) is 0 Å². The van der Waals surface area contributed by atoms with E-state index in [1.807, 2.05) is 0 Å². The quantitative estimate of drug-likeness (QED) is 0.336. The third kappa shape index (κ3) is 3.34. The molecule has 3 aliphatic heterocycles. The van der Waals surface area contributed by atoms with Gasteiger partial charge in [-0.15, -0.1) is 0 Å². The summed E-state index contributed by atoms with van der Waals surface area (Å²) < 4.78 is 20.3. The molecule has 23 heavy (non-hydrogen) atoms. The summed E-state index contributed by atoms with van der Waals surface area (Å²) in [5.41, 5.74) is 0.262. The lowest BCUT2D eigenvalue weighted by atomic mass is 10.1. The number of phosphoric ester groups is 1. The molecule has 11 nitrogen and oxygen atoms in total. The van der Waals surface area contributed by atoms with E-state index in [0.717, 1.165) is 0 Å². The van der Waals surface area contributed by atoms with Gasteiger partial charge in [0.1, 0.15) is 36.5 Å². The average molecular weight is 362 g/mol. The largest absolute Gasteiger partial charge is 0.469 e. The summed E-state index contributed by atoms with van der Waals surface area (Å²) in [5.74, 6) is 0.261. The van der Waals surface area contributed by atoms with Crippen molar-refractivity contribution in [1.29, 1.82) is 0 Å². The van der Waals surface area contributed by atoms with Gasteiger partial charge in [-0.3, -0.25) is 4.52 Å². The fourth-order valence-corrected chi connectivity index (χ4v) is 2.70. The SMILES string of the molecule is O=P(O)(O)OC[C@H]1OC(C2=NC3=NC=NC(=S)C3=N2)[C@H](O)[C@@H]1O. The van der Waals surface area contributed by atoms with E-state index in [1.54, 1.807) is 0 Å². The Morgan fingerprint density at radius 1 is 1.30 bits per heavy atom. The molecule has 13 heteroatoms. The van der Waals surface area contributed by atoms with Crippen molar-refractivity contribution in [2.75, 3.05) is 6.61 Å². The number of phosphoric acid groups is 1. The Kier molecular flexibility index (Phi) is 4.33. The van der Waals surface area contributed by atoms with Crippen LogP contribution in [0.15, 0.2) is 20.0 Å². The smallest absolute Gasteiger partial charge is 0.387 e. The Bertz CT molecular complexity index is 714. The van der Waals surface area contributed by atoms with E-state index in [0.29, 0.717) is 0 Å². The second kappa shape index (κ2) is 6.00. The summed E-state index contributed by atoms with van der Waals surface area (Å²) in [5, 5.41) is 19.9. The predicted octanol–water partition coefficient (Wildman–Crippen LogP) is -1.79. The average Bonchev–Trinajstić information content (AvgIpc) is 3.01. The maximum atomic E-state index is 10.7. The molecular formula is C10H11N4O7PS. The number of ether oxygens (including phenoxy) is 1. The summed E-state index contributed by atoms with van der Waals surface area (Å²) >= 11 is 4.99. The van der Waals surface area contributed by atoms with Gasteiger partial charge < -0.3 is 24.7 Å². The van der Waals surface area contributed by atoms with Crippen molar-refractivity contribution in [3.8, 4) is 0 Å². The van der Waals surface area contributed by atoms with E-state index in [4.69, 9.17) is 26.7 Å². The molecule has 4 N–H and O–H groups in total. The van der Waals surface area contributed by atoms with Gasteiger partial charge >= 0.3 is 7.82 Å². The van der Waals surface area contributed by atoms with Crippen LogP contribution < -0.4 is 0 Å². The molecule has 4 atom stereocenters. The van der Waals surface area contributed by atoms with Crippen molar-refractivity contribution in [3.05, 3.63) is 0 Å². The van der Waals surface area contributed by atoms with E-state index in [9.17, 15) is 14.8 Å². The molecule has 0 aliphatic carbocycles. The zero-order chi connectivity index (χ0) is 16.8. The highest BCUT2D eigenvalue weighted by Crippen LogP contribution is 2.37. The molecule has 1 unspecified atom stereocenters. The zero-order valence-corrected chi connectivity index (χ0v) is 13.0. The van der Waals surface area contributed by atoms with Crippen LogP contribution in [0.3, 0.4) is 0 Å². The summed E-state index contributed by atoms with van der Waals surface area (Å²) in [6.07, 6.45) is -3.88. The van der Waals surface area contributed by atoms with Gasteiger partial charge in [0.05, 0.1) is 6.61 Å². The number of hydrogen-bond acceptors (Lipinski definition) is 9. The van der Waals surface area contributed by atoms with E-state index >= 15 is 0 Å². The number of amidine groups is 2. The Balaban J connectivity index is 1.75. The minimum atomic E-state index is -4.72. The first kappa shape index (κ1) is 16.6. The molecule has 0 radical (unpaired) electrons. The lowest BCUT2D eigenvalue weighted by Gasteiger charge is -2.14. The Morgan fingerprint density at radius 3 is 2.70 bits per heavy atom. The Morgan fingerprint density at radius 2 is 2.04 bits per heavy atom. The normalized spacial score (nSPS) is 33.4. The Hall–Kier alpha value is -1.24. The van der Waals surface area contributed by atoms with Gasteiger partial charge in [-0.25, -0.2) is 24.5 Å². The van der Waals surface area contributed by atoms with Crippen molar-refractivity contribution < 1.29 is 33.8 Å². The van der Waals surface area contributed by atoms with Crippen LogP contribution in [0.5, 0.6) is 0 Å². The zero-order valence-electron chi connectivity index (χ0n) is 11.3. The number of hydrogen-bond donors (Lipinski definition) is 4. The predicted molar refractivity (Wildman–Crippen MR) is 82.1 cm³/mol. The second-order valence-corrected chi connectivity index (χ2v) is 6.42. The van der Waals surface area contributed by atoms with Gasteiger partial charge in [-0.05, 0) is 0 Å². The molecule has 3 heterocycles. The molecule has 0 amide bonds. The molecule has 0 aromatic rings. The first-order valence-electron chi connectivity index (χ1n) is 6.30. The third-order valence-electron chi connectivity index (χ3n) is 3.24. The number of aliphatic hydroxyl groups excluding tert-OH is 2. The van der Waals surface area contributed by atoms with Crippen molar-refractivity contribution in [2.24, 2.45) is 20.0 Å². The van der Waals surface area contributed by atoms with Crippen LogP contribution in [0.2, 0.25) is 0 Å². The molecule has 0 aromatic heterocycles. The lowest BCUT2D eigenvalue weighted by Crippen LogP contribution is -2.36. The van der Waals surface area contributed by atoms with Crippen LogP contribution in [0.4, 0.5) is 0 Å². The maximum Gasteiger partial charge on any atom is 0.469 e. The standard InChI is InChI=1S/C10H11N4O7PS/c15-5-3(1-20-22(17,18)19)21-7(6(5)16)9-13-4-8(14-9)11-2-12-10(4)23/h2-3,5-7,15-16H,1H2,(H2,17,18,19)/t3-,5-,6-,7?/m1/s1. The van der Waals surface area contributed by atoms with Crippen LogP contribution >= 0.6 is 20.0 Å². The van der Waals surface area contributed by atoms with Gasteiger partial charge in [0.15, 0.2) is 16.7 Å².